The van der Waals surface area contributed by atoms with Crippen LogP contribution in [0.1, 0.15) is 47.5 Å². The number of hydrogen-bond acceptors (Lipinski definition) is 8. The Bertz CT molecular complexity index is 1140. The Morgan fingerprint density at radius 2 is 2.15 bits per heavy atom. The van der Waals surface area contributed by atoms with Crippen molar-refractivity contribution in [3.05, 3.63) is 46.3 Å². The molecule has 174 valence electrons. The maximum absolute atomic E-state index is 12.7. The molecule has 33 heavy (non-hydrogen) atoms. The fourth-order valence-corrected chi connectivity index (χ4v) is 6.09. The topological polar surface area (TPSA) is 108 Å². The number of aromatic nitrogens is 2. The number of esters is 1. The average molecular weight is 488 g/mol. The van der Waals surface area contributed by atoms with Crippen LogP contribution >= 0.6 is 23.1 Å². The Balaban J connectivity index is 1.43. The summed E-state index contributed by atoms with van der Waals surface area (Å²) < 4.78 is 11.5. The molecular weight excluding hydrogens is 462 g/mol. The van der Waals surface area contributed by atoms with Crippen LogP contribution < -0.4 is 15.1 Å². The molecule has 10 heteroatoms. The van der Waals surface area contributed by atoms with E-state index in [1.807, 2.05) is 30.3 Å². The maximum Gasteiger partial charge on any atom is 0.341 e. The van der Waals surface area contributed by atoms with Crippen molar-refractivity contribution in [2.75, 3.05) is 17.7 Å². The van der Waals surface area contributed by atoms with Crippen molar-refractivity contribution < 1.29 is 28.6 Å². The Kier molecular flexibility index (Phi) is 7.34. The number of thioether (sulfide) groups is 1. The number of nitrogens with one attached hydrogen (secondary N) is 1. The van der Waals surface area contributed by atoms with Crippen molar-refractivity contribution in [3.63, 3.8) is 0 Å². The zero-order valence-electron chi connectivity index (χ0n) is 18.5. The van der Waals surface area contributed by atoms with Gasteiger partial charge in [0.15, 0.2) is 5.95 Å². The first kappa shape index (κ1) is 23.3. The summed E-state index contributed by atoms with van der Waals surface area (Å²) in [7, 11) is 0. The van der Waals surface area contributed by atoms with Gasteiger partial charge in [0.2, 0.25) is 11.6 Å². The Morgan fingerprint density at radius 1 is 1.36 bits per heavy atom. The molecule has 0 bridgehead atoms. The van der Waals surface area contributed by atoms with Gasteiger partial charge in [-0.05, 0) is 42.3 Å². The van der Waals surface area contributed by atoms with Gasteiger partial charge in [-0.1, -0.05) is 36.9 Å². The number of thiophene rings is 1. The molecule has 0 saturated heterocycles. The SMILES string of the molecule is CCOC(=O)c1c(NC(=O)CCSc2c([O-])on[n+]2-c2ccccc2)sc2c1CCC(C)C2. The van der Waals surface area contributed by atoms with Gasteiger partial charge in [-0.2, -0.15) is 0 Å². The number of para-hydroxylation sites is 1. The number of benzene rings is 1. The van der Waals surface area contributed by atoms with E-state index in [1.54, 1.807) is 6.92 Å². The van der Waals surface area contributed by atoms with E-state index < -0.39 is 11.9 Å². The highest BCUT2D eigenvalue weighted by Crippen LogP contribution is 2.40. The molecule has 1 unspecified atom stereocenters. The summed E-state index contributed by atoms with van der Waals surface area (Å²) >= 11 is 2.67. The number of carbonyl (C=O) groups is 2. The predicted molar refractivity (Wildman–Crippen MR) is 123 cm³/mol. The summed E-state index contributed by atoms with van der Waals surface area (Å²) in [4.78, 5) is 26.5. The van der Waals surface area contributed by atoms with E-state index in [1.165, 1.54) is 27.8 Å². The van der Waals surface area contributed by atoms with Crippen LogP contribution in [0.3, 0.4) is 0 Å². The van der Waals surface area contributed by atoms with Crippen LogP contribution in [-0.2, 0) is 22.4 Å². The van der Waals surface area contributed by atoms with Crippen molar-refractivity contribution in [1.29, 1.82) is 0 Å². The monoisotopic (exact) mass is 487 g/mol. The largest absolute Gasteiger partial charge is 0.538 e. The second-order valence-corrected chi connectivity index (χ2v) is 10.0. The number of amides is 1. The van der Waals surface area contributed by atoms with Crippen LogP contribution in [0.2, 0.25) is 0 Å². The molecule has 1 amide bonds. The van der Waals surface area contributed by atoms with Gasteiger partial charge in [0.05, 0.1) is 17.4 Å². The number of anilines is 1. The van der Waals surface area contributed by atoms with E-state index in [-0.39, 0.29) is 18.9 Å². The lowest BCUT2D eigenvalue weighted by molar-refractivity contribution is -0.705. The second-order valence-electron chi connectivity index (χ2n) is 7.84. The molecule has 1 aliphatic rings. The first-order valence-corrected chi connectivity index (χ1v) is 12.7. The van der Waals surface area contributed by atoms with Gasteiger partial charge < -0.3 is 19.7 Å². The smallest absolute Gasteiger partial charge is 0.341 e. The standard InChI is InChI=1S/C23H25N3O5S2/c1-3-30-22(28)19-16-10-9-14(2)13-17(16)33-20(19)24-18(27)11-12-32-21-23(29)31-25-26(21)15-7-5-4-6-8-15/h4-8,14H,3,9-13H2,1-2H3,(H-,24,25,27,28,29). The summed E-state index contributed by atoms with van der Waals surface area (Å²) in [6.07, 6.45) is 2.88. The fourth-order valence-electron chi connectivity index (χ4n) is 3.78. The van der Waals surface area contributed by atoms with E-state index in [2.05, 4.69) is 17.5 Å². The molecule has 0 radical (unpaired) electrons. The van der Waals surface area contributed by atoms with E-state index in [9.17, 15) is 14.7 Å². The Morgan fingerprint density at radius 3 is 2.91 bits per heavy atom. The van der Waals surface area contributed by atoms with Crippen LogP contribution in [0.25, 0.3) is 5.69 Å². The summed E-state index contributed by atoms with van der Waals surface area (Å²) in [6.45, 7) is 4.24. The van der Waals surface area contributed by atoms with Crippen molar-refractivity contribution in [3.8, 4) is 11.6 Å². The maximum atomic E-state index is 12.7. The minimum Gasteiger partial charge on any atom is -0.538 e. The van der Waals surface area contributed by atoms with E-state index in [0.29, 0.717) is 32.9 Å². The third-order valence-electron chi connectivity index (χ3n) is 5.39. The minimum absolute atomic E-state index is 0.158. The highest BCUT2D eigenvalue weighted by atomic mass is 32.2. The Hall–Kier alpha value is -2.85. The number of rotatable bonds is 8. The average Bonchev–Trinajstić information content (AvgIpc) is 3.34. The second kappa shape index (κ2) is 10.4. The van der Waals surface area contributed by atoms with Gasteiger partial charge >= 0.3 is 5.97 Å². The van der Waals surface area contributed by atoms with Gasteiger partial charge in [0.1, 0.15) is 5.00 Å². The zero-order chi connectivity index (χ0) is 23.4. The Labute approximate surface area is 199 Å². The summed E-state index contributed by atoms with van der Waals surface area (Å²) in [5.41, 5.74) is 2.20. The van der Waals surface area contributed by atoms with Gasteiger partial charge in [0.25, 0.3) is 5.03 Å². The van der Waals surface area contributed by atoms with Crippen molar-refractivity contribution >= 4 is 40.0 Å². The lowest BCUT2D eigenvalue weighted by Gasteiger charge is -2.18. The highest BCUT2D eigenvalue weighted by molar-refractivity contribution is 7.99. The highest BCUT2D eigenvalue weighted by Gasteiger charge is 2.29. The first-order chi connectivity index (χ1) is 16.0. The van der Waals surface area contributed by atoms with Gasteiger partial charge in [0, 0.05) is 29.2 Å². The molecular formula is C23H25N3O5S2. The zero-order valence-corrected chi connectivity index (χ0v) is 20.1. The van der Waals surface area contributed by atoms with E-state index >= 15 is 0 Å². The number of nitrogens with zero attached hydrogens (tertiary/aromatic N) is 2. The molecule has 1 N–H and O–H groups in total. The van der Waals surface area contributed by atoms with Gasteiger partial charge in [-0.3, -0.25) is 4.79 Å². The van der Waals surface area contributed by atoms with Gasteiger partial charge in [-0.25, -0.2) is 4.79 Å². The molecule has 0 spiro atoms. The minimum atomic E-state index is -0.547. The normalized spacial score (nSPS) is 15.2. The molecule has 0 aliphatic heterocycles. The number of carbonyl (C=O) groups excluding carboxylic acids is 2. The summed E-state index contributed by atoms with van der Waals surface area (Å²) in [6, 6.07) is 9.18. The molecule has 0 fully saturated rings. The van der Waals surface area contributed by atoms with Crippen LogP contribution in [0.5, 0.6) is 5.95 Å². The molecule has 2 heterocycles. The third-order valence-corrected chi connectivity index (χ3v) is 7.58. The third kappa shape index (κ3) is 5.22. The van der Waals surface area contributed by atoms with Crippen LogP contribution in [0.15, 0.2) is 39.9 Å². The molecule has 8 nitrogen and oxygen atoms in total. The molecule has 3 aromatic rings. The summed E-state index contributed by atoms with van der Waals surface area (Å²) in [5, 5.41) is 19.6. The quantitative estimate of drug-likeness (QED) is 0.294. The number of ether oxygens (including phenoxy) is 1. The van der Waals surface area contributed by atoms with Crippen molar-refractivity contribution in [2.45, 2.75) is 44.6 Å². The van der Waals surface area contributed by atoms with E-state index in [0.717, 1.165) is 29.7 Å². The lowest BCUT2D eigenvalue weighted by atomic mass is 9.88. The van der Waals surface area contributed by atoms with Crippen LogP contribution in [0, 0.1) is 5.92 Å². The molecule has 0 saturated carbocycles. The molecule has 1 aromatic carbocycles. The van der Waals surface area contributed by atoms with Crippen LogP contribution in [0.4, 0.5) is 5.00 Å². The first-order valence-electron chi connectivity index (χ1n) is 10.9. The molecule has 4 rings (SSSR count). The molecule has 2 aromatic heterocycles. The number of fused-ring (bicyclic) bond motifs is 1. The molecule has 1 aliphatic carbocycles. The number of hydrogen-bond donors (Lipinski definition) is 1. The summed E-state index contributed by atoms with van der Waals surface area (Å²) in [5.74, 6) is -0.263. The van der Waals surface area contributed by atoms with Crippen molar-refractivity contribution in [1.82, 2.24) is 5.27 Å². The predicted octanol–water partition coefficient (Wildman–Crippen LogP) is 3.51. The fraction of sp³-hybridized carbons (Fsp3) is 0.391. The van der Waals surface area contributed by atoms with Gasteiger partial charge in [-0.15, -0.1) is 11.3 Å². The van der Waals surface area contributed by atoms with E-state index in [4.69, 9.17) is 9.26 Å². The van der Waals surface area contributed by atoms with Crippen molar-refractivity contribution in [2.24, 2.45) is 5.92 Å². The lowest BCUT2D eigenvalue weighted by Crippen LogP contribution is -2.34. The molecule has 1 atom stereocenters. The van der Waals surface area contributed by atoms with Crippen LogP contribution in [-0.4, -0.2) is 29.5 Å².